The maximum atomic E-state index is 6.50. The highest BCUT2D eigenvalue weighted by Gasteiger charge is 2.42. The van der Waals surface area contributed by atoms with Gasteiger partial charge in [0.1, 0.15) is 24.4 Å². The minimum atomic E-state index is 0.0563. The van der Waals surface area contributed by atoms with Crippen LogP contribution in [0.15, 0.2) is 48.6 Å². The molecule has 8 rings (SSSR count). The highest BCUT2D eigenvalue weighted by atomic mass is 16.5. The smallest absolute Gasteiger partial charge is 0.103 e. The average molecular weight is 447 g/mol. The van der Waals surface area contributed by atoms with Crippen molar-refractivity contribution in [3.05, 3.63) is 82.0 Å². The molecular formula is C32H30O2. The fourth-order valence-corrected chi connectivity index (χ4v) is 6.90. The maximum absolute atomic E-state index is 6.50. The Balaban J connectivity index is 1.68. The Bertz CT molecular complexity index is 1410. The van der Waals surface area contributed by atoms with E-state index in [2.05, 4.69) is 90.1 Å². The molecule has 4 aliphatic rings. The van der Waals surface area contributed by atoms with Crippen LogP contribution in [0.2, 0.25) is 0 Å². The number of ether oxygens (including phenoxy) is 2. The zero-order chi connectivity index (χ0) is 23.3. The van der Waals surface area contributed by atoms with E-state index in [0.29, 0.717) is 0 Å². The molecule has 0 unspecified atom stereocenters. The van der Waals surface area contributed by atoms with Gasteiger partial charge in [0.15, 0.2) is 0 Å². The first kappa shape index (κ1) is 19.6. The van der Waals surface area contributed by atoms with Gasteiger partial charge in [-0.3, -0.25) is 0 Å². The highest BCUT2D eigenvalue weighted by molar-refractivity contribution is 6.27. The molecule has 0 N–H and O–H groups in total. The SMILES string of the molecule is CC(C)(C)c1cc2c3c(c4cc(C(C)(C)C)cc5c6c(c(c1)c2c54)[C@H]1C=C[C@@H]6O1)[C@H]1C=C[C@@H]3O1. The molecule has 0 saturated heterocycles. The van der Waals surface area contributed by atoms with Crippen LogP contribution in [0.25, 0.3) is 32.3 Å². The van der Waals surface area contributed by atoms with Gasteiger partial charge in [0.05, 0.1) is 0 Å². The molecule has 0 aromatic heterocycles. The summed E-state index contributed by atoms with van der Waals surface area (Å²) in [6.45, 7) is 13.9. The summed E-state index contributed by atoms with van der Waals surface area (Å²) < 4.78 is 13.0. The minimum Gasteiger partial charge on any atom is -0.357 e. The molecule has 4 heterocycles. The van der Waals surface area contributed by atoms with Crippen molar-refractivity contribution in [1.29, 1.82) is 0 Å². The first-order chi connectivity index (χ1) is 16.1. The third kappa shape index (κ3) is 2.20. The van der Waals surface area contributed by atoms with Crippen molar-refractivity contribution < 1.29 is 9.47 Å². The van der Waals surface area contributed by atoms with Crippen LogP contribution in [0.4, 0.5) is 0 Å². The van der Waals surface area contributed by atoms with Crippen molar-refractivity contribution in [2.45, 2.75) is 76.8 Å². The van der Waals surface area contributed by atoms with E-state index in [1.165, 1.54) is 65.7 Å². The standard InChI is InChI=1S/C32H30O2/c1-31(2,3)15-11-17-25-18(12-15)28-22-8-10-24(34-22)30(28)20-14-16(32(4,5)6)13-19(26(20)25)29-23-9-7-21(33-23)27(17)29/h7-14,21-24H,1-6H3/t21-,22+,23+,24-. The summed E-state index contributed by atoms with van der Waals surface area (Å²) in [4.78, 5) is 0. The Labute approximate surface area is 200 Å². The molecule has 4 atom stereocenters. The van der Waals surface area contributed by atoms with E-state index in [-0.39, 0.29) is 35.2 Å². The Morgan fingerprint density at radius 1 is 0.471 bits per heavy atom. The topological polar surface area (TPSA) is 18.5 Å². The molecule has 34 heavy (non-hydrogen) atoms. The highest BCUT2D eigenvalue weighted by Crippen LogP contribution is 2.59. The zero-order valence-electron chi connectivity index (χ0n) is 20.7. The quantitative estimate of drug-likeness (QED) is 0.199. The van der Waals surface area contributed by atoms with Gasteiger partial charge in [-0.25, -0.2) is 0 Å². The van der Waals surface area contributed by atoms with Crippen LogP contribution >= 0.6 is 0 Å². The van der Waals surface area contributed by atoms with Crippen LogP contribution < -0.4 is 0 Å². The second-order valence-electron chi connectivity index (χ2n) is 12.8. The lowest BCUT2D eigenvalue weighted by Crippen LogP contribution is -2.14. The molecular weight excluding hydrogens is 416 g/mol. The van der Waals surface area contributed by atoms with Crippen molar-refractivity contribution in [2.24, 2.45) is 0 Å². The number of rotatable bonds is 0. The Hall–Kier alpha value is -2.68. The Kier molecular flexibility index (Phi) is 3.32. The predicted molar refractivity (Wildman–Crippen MR) is 139 cm³/mol. The third-order valence-corrected chi connectivity index (χ3v) is 8.65. The van der Waals surface area contributed by atoms with Gasteiger partial charge >= 0.3 is 0 Å². The lowest BCUT2D eigenvalue weighted by atomic mass is 9.74. The summed E-state index contributed by atoms with van der Waals surface area (Å²) in [6.07, 6.45) is 9.27. The normalized spacial score (nSPS) is 26.6. The van der Waals surface area contributed by atoms with E-state index in [0.717, 1.165) is 0 Å². The molecule has 2 nitrogen and oxygen atoms in total. The van der Waals surface area contributed by atoms with Crippen LogP contribution in [0, 0.1) is 0 Å². The number of hydrogen-bond donors (Lipinski definition) is 0. The van der Waals surface area contributed by atoms with Crippen molar-refractivity contribution in [2.75, 3.05) is 0 Å². The summed E-state index contributed by atoms with van der Waals surface area (Å²) in [6, 6.07) is 9.86. The summed E-state index contributed by atoms with van der Waals surface area (Å²) in [5.41, 5.74) is 8.46. The van der Waals surface area contributed by atoms with E-state index in [1.54, 1.807) is 0 Å². The van der Waals surface area contributed by atoms with E-state index < -0.39 is 0 Å². The largest absolute Gasteiger partial charge is 0.357 e. The van der Waals surface area contributed by atoms with Crippen LogP contribution in [0.5, 0.6) is 0 Å². The second-order valence-corrected chi connectivity index (χ2v) is 12.8. The molecule has 170 valence electrons. The maximum Gasteiger partial charge on any atom is 0.103 e. The molecule has 0 amide bonds. The number of benzene rings is 4. The lowest BCUT2D eigenvalue weighted by molar-refractivity contribution is 0.0887. The third-order valence-electron chi connectivity index (χ3n) is 8.65. The van der Waals surface area contributed by atoms with Gasteiger partial charge in [0.2, 0.25) is 0 Å². The van der Waals surface area contributed by atoms with Crippen molar-refractivity contribution in [3.63, 3.8) is 0 Å². The number of hydrogen-bond acceptors (Lipinski definition) is 2. The first-order valence-corrected chi connectivity index (χ1v) is 12.7. The summed E-state index contributed by atoms with van der Waals surface area (Å²) in [7, 11) is 0. The minimum absolute atomic E-state index is 0.0563. The van der Waals surface area contributed by atoms with Gasteiger partial charge in [-0.2, -0.15) is 0 Å². The molecule has 4 aliphatic heterocycles. The molecule has 0 radical (unpaired) electrons. The molecule has 0 saturated carbocycles. The molecule has 0 aliphatic carbocycles. The summed E-state index contributed by atoms with van der Waals surface area (Å²) >= 11 is 0. The van der Waals surface area contributed by atoms with Gasteiger partial charge in [-0.05, 0) is 76.5 Å². The van der Waals surface area contributed by atoms with Gasteiger partial charge in [0, 0.05) is 0 Å². The van der Waals surface area contributed by atoms with Gasteiger partial charge < -0.3 is 9.47 Å². The van der Waals surface area contributed by atoms with E-state index in [4.69, 9.17) is 9.47 Å². The fourth-order valence-electron chi connectivity index (χ4n) is 6.90. The molecule has 2 heteroatoms. The monoisotopic (exact) mass is 446 g/mol. The number of fused-ring (bicyclic) bond motifs is 14. The average Bonchev–Trinajstić information content (AvgIpc) is 3.57. The molecule has 4 bridgehead atoms. The molecule has 0 spiro atoms. The van der Waals surface area contributed by atoms with Crippen LogP contribution in [0.1, 0.15) is 99.3 Å². The molecule has 0 fully saturated rings. The fraction of sp³-hybridized carbons (Fsp3) is 0.375. The second kappa shape index (κ2) is 5.75. The summed E-state index contributed by atoms with van der Waals surface area (Å²) in [5, 5.41) is 8.33. The Morgan fingerprint density at radius 3 is 0.971 bits per heavy atom. The summed E-state index contributed by atoms with van der Waals surface area (Å²) in [5.74, 6) is 0. The van der Waals surface area contributed by atoms with E-state index in [1.807, 2.05) is 0 Å². The van der Waals surface area contributed by atoms with Gasteiger partial charge in [-0.15, -0.1) is 0 Å². The van der Waals surface area contributed by atoms with Crippen molar-refractivity contribution in [1.82, 2.24) is 0 Å². The lowest BCUT2D eigenvalue weighted by Gasteiger charge is -2.28. The molecule has 4 aromatic carbocycles. The van der Waals surface area contributed by atoms with Crippen molar-refractivity contribution in [3.8, 4) is 0 Å². The van der Waals surface area contributed by atoms with E-state index in [9.17, 15) is 0 Å². The van der Waals surface area contributed by atoms with Crippen LogP contribution in [-0.2, 0) is 20.3 Å². The Morgan fingerprint density at radius 2 is 0.735 bits per heavy atom. The first-order valence-electron chi connectivity index (χ1n) is 12.7. The van der Waals surface area contributed by atoms with Crippen LogP contribution in [-0.4, -0.2) is 0 Å². The van der Waals surface area contributed by atoms with Crippen LogP contribution in [0.3, 0.4) is 0 Å². The van der Waals surface area contributed by atoms with Gasteiger partial charge in [-0.1, -0.05) is 90.1 Å². The van der Waals surface area contributed by atoms with Gasteiger partial charge in [0.25, 0.3) is 0 Å². The van der Waals surface area contributed by atoms with Crippen molar-refractivity contribution >= 4 is 32.3 Å². The van der Waals surface area contributed by atoms with E-state index >= 15 is 0 Å². The molecule has 4 aromatic rings. The zero-order valence-corrected chi connectivity index (χ0v) is 20.7. The predicted octanol–water partition coefficient (Wildman–Crippen LogP) is 8.54.